The van der Waals surface area contributed by atoms with Crippen LogP contribution in [0, 0.1) is 5.41 Å². The minimum absolute atomic E-state index is 0.184. The third-order valence-electron chi connectivity index (χ3n) is 6.19. The summed E-state index contributed by atoms with van der Waals surface area (Å²) in [6.45, 7) is 2.20. The van der Waals surface area contributed by atoms with E-state index in [9.17, 15) is 0 Å². The Morgan fingerprint density at radius 3 is 2.03 bits per heavy atom. The number of rotatable bonds is 5. The molecule has 0 fully saturated rings. The van der Waals surface area contributed by atoms with Crippen LogP contribution in [0.5, 0.6) is 0 Å². The van der Waals surface area contributed by atoms with Crippen LogP contribution in [0.15, 0.2) is 84.9 Å². The fourth-order valence-electron chi connectivity index (χ4n) is 4.83. The Balaban J connectivity index is 1.79. The summed E-state index contributed by atoms with van der Waals surface area (Å²) in [6, 6.07) is 30.5. The molecule has 0 spiro atoms. The standard InChI is InChI=1S/C28H25N/c1-2-3-16-26(29)28-20-11-5-4-10-19(20)17-18-25(28)27-23-14-8-6-12-21(23)22-13-7-9-15-24(22)27/h4-15,17-18,27,29H,2-3,16H2,1H3. The lowest BCUT2D eigenvalue weighted by molar-refractivity contribution is 0.832. The van der Waals surface area contributed by atoms with Gasteiger partial charge in [-0.3, -0.25) is 0 Å². The molecular formula is C28H25N. The van der Waals surface area contributed by atoms with E-state index in [2.05, 4.69) is 91.9 Å². The Morgan fingerprint density at radius 1 is 0.724 bits per heavy atom. The Bertz CT molecular complexity index is 1170. The molecule has 0 unspecified atom stereocenters. The molecule has 0 saturated carbocycles. The van der Waals surface area contributed by atoms with Crippen molar-refractivity contribution in [2.45, 2.75) is 32.1 Å². The van der Waals surface area contributed by atoms with E-state index in [1.807, 2.05) is 0 Å². The highest BCUT2D eigenvalue weighted by atomic mass is 14.4. The van der Waals surface area contributed by atoms with Gasteiger partial charge in [-0.05, 0) is 51.4 Å². The second-order valence-corrected chi connectivity index (χ2v) is 7.94. The molecule has 0 saturated heterocycles. The maximum Gasteiger partial charge on any atom is 0.0395 e. The van der Waals surface area contributed by atoms with Crippen LogP contribution in [0.1, 0.15) is 54.4 Å². The Morgan fingerprint density at radius 2 is 1.34 bits per heavy atom. The van der Waals surface area contributed by atoms with Gasteiger partial charge in [0.2, 0.25) is 0 Å². The highest BCUT2D eigenvalue weighted by Crippen LogP contribution is 2.49. The van der Waals surface area contributed by atoms with Crippen molar-refractivity contribution in [1.82, 2.24) is 0 Å². The quantitative estimate of drug-likeness (QED) is 0.306. The number of hydrogen-bond donors (Lipinski definition) is 1. The third kappa shape index (κ3) is 2.89. The fourth-order valence-corrected chi connectivity index (χ4v) is 4.83. The van der Waals surface area contributed by atoms with Gasteiger partial charge in [0.15, 0.2) is 0 Å². The molecular weight excluding hydrogens is 350 g/mol. The number of unbranched alkanes of at least 4 members (excludes halogenated alkanes) is 1. The Kier molecular flexibility index (Phi) is 4.52. The lowest BCUT2D eigenvalue weighted by Crippen LogP contribution is -2.10. The monoisotopic (exact) mass is 375 g/mol. The predicted octanol–water partition coefficient (Wildman–Crippen LogP) is 7.56. The maximum absolute atomic E-state index is 8.99. The van der Waals surface area contributed by atoms with Crippen LogP contribution in [0.2, 0.25) is 0 Å². The smallest absolute Gasteiger partial charge is 0.0395 e. The van der Waals surface area contributed by atoms with E-state index in [0.29, 0.717) is 0 Å². The topological polar surface area (TPSA) is 23.9 Å². The van der Waals surface area contributed by atoms with Crippen LogP contribution in [-0.2, 0) is 0 Å². The molecule has 0 amide bonds. The zero-order valence-electron chi connectivity index (χ0n) is 16.8. The van der Waals surface area contributed by atoms with Crippen LogP contribution in [-0.4, -0.2) is 5.71 Å². The molecule has 1 nitrogen and oxygen atoms in total. The summed E-state index contributed by atoms with van der Waals surface area (Å²) in [6.07, 6.45) is 2.99. The van der Waals surface area contributed by atoms with Crippen molar-refractivity contribution in [3.8, 4) is 11.1 Å². The van der Waals surface area contributed by atoms with Gasteiger partial charge in [-0.1, -0.05) is 98.3 Å². The van der Waals surface area contributed by atoms with Crippen LogP contribution in [0.4, 0.5) is 0 Å². The van der Waals surface area contributed by atoms with Gasteiger partial charge in [-0.15, -0.1) is 0 Å². The van der Waals surface area contributed by atoms with E-state index >= 15 is 0 Å². The van der Waals surface area contributed by atoms with Crippen molar-refractivity contribution >= 4 is 16.5 Å². The second kappa shape index (κ2) is 7.33. The van der Waals surface area contributed by atoms with Crippen LogP contribution >= 0.6 is 0 Å². The Hall–Kier alpha value is -3.19. The molecule has 1 heteroatoms. The van der Waals surface area contributed by atoms with E-state index < -0.39 is 0 Å². The summed E-state index contributed by atoms with van der Waals surface area (Å²) < 4.78 is 0. The number of fused-ring (bicyclic) bond motifs is 4. The minimum Gasteiger partial charge on any atom is -0.305 e. The molecule has 4 aromatic rings. The number of nitrogens with one attached hydrogen (secondary N) is 1. The molecule has 0 heterocycles. The lowest BCUT2D eigenvalue weighted by Gasteiger charge is -2.21. The van der Waals surface area contributed by atoms with Crippen molar-refractivity contribution in [2.75, 3.05) is 0 Å². The fraction of sp³-hybridized carbons (Fsp3) is 0.179. The summed E-state index contributed by atoms with van der Waals surface area (Å²) in [5.74, 6) is 0.184. The second-order valence-electron chi connectivity index (χ2n) is 7.94. The van der Waals surface area contributed by atoms with Crippen LogP contribution < -0.4 is 0 Å². The summed E-state index contributed by atoms with van der Waals surface area (Å²) >= 11 is 0. The van der Waals surface area contributed by atoms with Gasteiger partial charge in [-0.25, -0.2) is 0 Å². The molecule has 5 rings (SSSR count). The van der Waals surface area contributed by atoms with E-state index in [0.717, 1.165) is 30.5 Å². The van der Waals surface area contributed by atoms with Crippen molar-refractivity contribution < 1.29 is 0 Å². The predicted molar refractivity (Wildman–Crippen MR) is 123 cm³/mol. The summed E-state index contributed by atoms with van der Waals surface area (Å²) in [5.41, 5.74) is 8.53. The molecule has 0 aromatic heterocycles. The van der Waals surface area contributed by atoms with E-state index in [1.54, 1.807) is 0 Å². The normalized spacial score (nSPS) is 12.7. The average molecular weight is 376 g/mol. The zero-order chi connectivity index (χ0) is 19.8. The van der Waals surface area contributed by atoms with Crippen LogP contribution in [0.3, 0.4) is 0 Å². The molecule has 0 bridgehead atoms. The summed E-state index contributed by atoms with van der Waals surface area (Å²) in [4.78, 5) is 0. The van der Waals surface area contributed by atoms with Gasteiger partial charge in [0.05, 0.1) is 0 Å². The van der Waals surface area contributed by atoms with Gasteiger partial charge in [0, 0.05) is 17.2 Å². The molecule has 1 aliphatic rings. The third-order valence-corrected chi connectivity index (χ3v) is 6.19. The number of hydrogen-bond acceptors (Lipinski definition) is 1. The van der Waals surface area contributed by atoms with Crippen molar-refractivity contribution in [2.24, 2.45) is 0 Å². The number of benzene rings is 4. The first-order valence-electron chi connectivity index (χ1n) is 10.6. The molecule has 0 atom stereocenters. The SMILES string of the molecule is CCCCC(=N)c1c(C2c3ccccc3-c3ccccc32)ccc2ccccc12. The van der Waals surface area contributed by atoms with E-state index in [4.69, 9.17) is 5.41 Å². The summed E-state index contributed by atoms with van der Waals surface area (Å²) in [7, 11) is 0. The lowest BCUT2D eigenvalue weighted by atomic mass is 9.82. The van der Waals surface area contributed by atoms with Crippen LogP contribution in [0.25, 0.3) is 21.9 Å². The first-order chi connectivity index (χ1) is 14.3. The largest absolute Gasteiger partial charge is 0.305 e. The van der Waals surface area contributed by atoms with Gasteiger partial charge < -0.3 is 5.41 Å². The molecule has 0 radical (unpaired) electrons. The Labute approximate surface area is 172 Å². The van der Waals surface area contributed by atoms with E-state index in [1.165, 1.54) is 38.6 Å². The first-order valence-corrected chi connectivity index (χ1v) is 10.6. The van der Waals surface area contributed by atoms with Gasteiger partial charge in [0.1, 0.15) is 0 Å². The van der Waals surface area contributed by atoms with Crippen molar-refractivity contribution in [1.29, 1.82) is 5.41 Å². The van der Waals surface area contributed by atoms with Crippen molar-refractivity contribution in [3.63, 3.8) is 0 Å². The van der Waals surface area contributed by atoms with Gasteiger partial charge >= 0.3 is 0 Å². The highest BCUT2D eigenvalue weighted by molar-refractivity contribution is 6.11. The average Bonchev–Trinajstić information content (AvgIpc) is 3.11. The molecule has 0 aliphatic heterocycles. The summed E-state index contributed by atoms with van der Waals surface area (Å²) in [5, 5.41) is 11.4. The zero-order valence-corrected chi connectivity index (χ0v) is 16.8. The first kappa shape index (κ1) is 17.9. The molecule has 1 aliphatic carbocycles. The minimum atomic E-state index is 0.184. The van der Waals surface area contributed by atoms with Gasteiger partial charge in [0.25, 0.3) is 0 Å². The molecule has 29 heavy (non-hydrogen) atoms. The van der Waals surface area contributed by atoms with Crippen molar-refractivity contribution in [3.05, 3.63) is 107 Å². The van der Waals surface area contributed by atoms with Gasteiger partial charge in [-0.2, -0.15) is 0 Å². The molecule has 1 N–H and O–H groups in total. The maximum atomic E-state index is 8.99. The molecule has 4 aromatic carbocycles. The highest BCUT2D eigenvalue weighted by Gasteiger charge is 2.31. The van der Waals surface area contributed by atoms with E-state index in [-0.39, 0.29) is 5.92 Å². The molecule has 142 valence electrons.